The first-order valence-corrected chi connectivity index (χ1v) is 5.16. The summed E-state index contributed by atoms with van der Waals surface area (Å²) in [5.74, 6) is -0.144. The Morgan fingerprint density at radius 1 is 1.11 bits per heavy atom. The van der Waals surface area contributed by atoms with Gasteiger partial charge in [0.1, 0.15) is 18.0 Å². The van der Waals surface area contributed by atoms with Crippen LogP contribution in [0.3, 0.4) is 0 Å². The summed E-state index contributed by atoms with van der Waals surface area (Å²) in [6, 6.07) is 4.21. The Hall–Kier alpha value is -2.70. The fourth-order valence-electron chi connectivity index (χ4n) is 1.84. The van der Waals surface area contributed by atoms with Crippen molar-refractivity contribution in [2.45, 2.75) is 0 Å². The number of nitrogens with one attached hydrogen (secondary N) is 1. The number of nitrogens with two attached hydrogens (primary N) is 2. The number of hydrogen-bond acceptors (Lipinski definition) is 5. The molecule has 0 bridgehead atoms. The number of nitrogen functional groups attached to an aromatic ring is 2. The van der Waals surface area contributed by atoms with Crippen LogP contribution in [0.5, 0.6) is 0 Å². The Kier molecular flexibility index (Phi) is 2.12. The molecule has 6 nitrogen and oxygen atoms in total. The minimum atomic E-state index is -0.428. The zero-order chi connectivity index (χ0) is 12.7. The Balaban J connectivity index is 2.31. The third-order valence-electron chi connectivity index (χ3n) is 2.59. The van der Waals surface area contributed by atoms with Crippen LogP contribution in [0.1, 0.15) is 0 Å². The number of anilines is 2. The van der Waals surface area contributed by atoms with E-state index in [4.69, 9.17) is 11.5 Å². The van der Waals surface area contributed by atoms with Crippen LogP contribution in [0.2, 0.25) is 0 Å². The van der Waals surface area contributed by atoms with Crippen LogP contribution in [-0.2, 0) is 0 Å². The second kappa shape index (κ2) is 3.66. The molecule has 0 unspecified atom stereocenters. The predicted molar refractivity (Wildman–Crippen MR) is 65.9 cm³/mol. The lowest BCUT2D eigenvalue weighted by molar-refractivity contribution is 0.629. The number of aromatic nitrogens is 4. The van der Waals surface area contributed by atoms with Crippen LogP contribution in [0.4, 0.5) is 15.9 Å². The minimum absolute atomic E-state index is 0.284. The van der Waals surface area contributed by atoms with E-state index in [-0.39, 0.29) is 5.82 Å². The Labute approximate surface area is 101 Å². The lowest BCUT2D eigenvalue weighted by Gasteiger charge is -2.02. The van der Waals surface area contributed by atoms with E-state index < -0.39 is 5.82 Å². The summed E-state index contributed by atoms with van der Waals surface area (Å²) in [4.78, 5) is 7.87. The van der Waals surface area contributed by atoms with E-state index in [0.717, 1.165) is 0 Å². The highest BCUT2D eigenvalue weighted by molar-refractivity contribution is 5.98. The van der Waals surface area contributed by atoms with Crippen molar-refractivity contribution in [2.24, 2.45) is 0 Å². The van der Waals surface area contributed by atoms with E-state index >= 15 is 0 Å². The van der Waals surface area contributed by atoms with Gasteiger partial charge in [-0.1, -0.05) is 0 Å². The molecule has 0 saturated heterocycles. The van der Waals surface area contributed by atoms with Gasteiger partial charge in [-0.05, 0) is 18.2 Å². The molecule has 0 aliphatic rings. The van der Waals surface area contributed by atoms with Crippen molar-refractivity contribution in [3.05, 3.63) is 30.3 Å². The second-order valence-electron chi connectivity index (χ2n) is 3.83. The minimum Gasteiger partial charge on any atom is -0.399 e. The number of nitrogens with zero attached hydrogens (tertiary/aromatic N) is 3. The quantitative estimate of drug-likeness (QED) is 0.560. The van der Waals surface area contributed by atoms with Crippen molar-refractivity contribution in [3.63, 3.8) is 0 Å². The molecule has 3 aromatic rings. The van der Waals surface area contributed by atoms with Gasteiger partial charge in [-0.15, -0.1) is 0 Å². The van der Waals surface area contributed by atoms with E-state index in [2.05, 4.69) is 20.2 Å². The average molecular weight is 244 g/mol. The highest BCUT2D eigenvalue weighted by Crippen LogP contribution is 2.29. The van der Waals surface area contributed by atoms with E-state index in [9.17, 15) is 4.39 Å². The average Bonchev–Trinajstić information content (AvgIpc) is 2.73. The Bertz CT molecular complexity index is 715. The summed E-state index contributed by atoms with van der Waals surface area (Å²) in [6.07, 6.45) is 1.32. The molecule has 0 amide bonds. The van der Waals surface area contributed by atoms with Gasteiger partial charge in [0, 0.05) is 11.3 Å². The van der Waals surface area contributed by atoms with Crippen molar-refractivity contribution in [1.82, 2.24) is 20.2 Å². The van der Waals surface area contributed by atoms with E-state index in [1.54, 1.807) is 6.07 Å². The molecule has 90 valence electrons. The first-order chi connectivity index (χ1) is 8.65. The number of hydrogen-bond donors (Lipinski definition) is 3. The molecular weight excluding hydrogens is 235 g/mol. The van der Waals surface area contributed by atoms with Crippen molar-refractivity contribution >= 4 is 22.5 Å². The lowest BCUT2D eigenvalue weighted by Crippen LogP contribution is -1.93. The second-order valence-corrected chi connectivity index (χ2v) is 3.83. The third-order valence-corrected chi connectivity index (χ3v) is 2.59. The van der Waals surface area contributed by atoms with Gasteiger partial charge in [-0.2, -0.15) is 5.10 Å². The van der Waals surface area contributed by atoms with Gasteiger partial charge < -0.3 is 11.5 Å². The van der Waals surface area contributed by atoms with Crippen LogP contribution >= 0.6 is 0 Å². The van der Waals surface area contributed by atoms with Crippen molar-refractivity contribution in [3.8, 4) is 11.3 Å². The third kappa shape index (κ3) is 1.53. The molecule has 3 rings (SSSR count). The van der Waals surface area contributed by atoms with Crippen molar-refractivity contribution in [2.75, 3.05) is 11.5 Å². The molecule has 1 aromatic carbocycles. The maximum atomic E-state index is 13.3. The van der Waals surface area contributed by atoms with Crippen LogP contribution in [-0.4, -0.2) is 20.2 Å². The number of aromatic amines is 1. The monoisotopic (exact) mass is 244 g/mol. The van der Waals surface area contributed by atoms with Gasteiger partial charge in [-0.25, -0.2) is 14.4 Å². The summed E-state index contributed by atoms with van der Waals surface area (Å²) in [5, 5.41) is 7.32. The first-order valence-electron chi connectivity index (χ1n) is 5.16. The topological polar surface area (TPSA) is 106 Å². The molecular formula is C11H9FN6. The highest BCUT2D eigenvalue weighted by Gasteiger charge is 2.13. The molecule has 2 heterocycles. The van der Waals surface area contributed by atoms with Crippen molar-refractivity contribution < 1.29 is 4.39 Å². The van der Waals surface area contributed by atoms with Gasteiger partial charge in [-0.3, -0.25) is 5.10 Å². The van der Waals surface area contributed by atoms with Crippen LogP contribution in [0, 0.1) is 5.82 Å². The summed E-state index contributed by atoms with van der Waals surface area (Å²) >= 11 is 0. The number of benzene rings is 1. The van der Waals surface area contributed by atoms with Crippen LogP contribution in [0.15, 0.2) is 24.5 Å². The number of H-pyrrole nitrogens is 1. The zero-order valence-electron chi connectivity index (χ0n) is 9.18. The maximum Gasteiger partial charge on any atom is 0.186 e. The van der Waals surface area contributed by atoms with Gasteiger partial charge in [0.15, 0.2) is 5.65 Å². The maximum absolute atomic E-state index is 13.3. The Morgan fingerprint density at radius 3 is 2.72 bits per heavy atom. The summed E-state index contributed by atoms with van der Waals surface area (Å²) in [7, 11) is 0. The molecule has 0 saturated carbocycles. The van der Waals surface area contributed by atoms with E-state index in [1.807, 2.05) is 0 Å². The Morgan fingerprint density at radius 2 is 1.94 bits per heavy atom. The molecule has 18 heavy (non-hydrogen) atoms. The number of halogens is 1. The van der Waals surface area contributed by atoms with Crippen molar-refractivity contribution in [1.29, 1.82) is 0 Å². The molecule has 2 aromatic heterocycles. The first kappa shape index (κ1) is 10.5. The molecule has 0 radical (unpaired) electrons. The molecule has 0 atom stereocenters. The lowest BCUT2D eigenvalue weighted by atomic mass is 10.1. The summed E-state index contributed by atoms with van der Waals surface area (Å²) < 4.78 is 13.3. The molecule has 0 fully saturated rings. The molecule has 7 heteroatoms. The van der Waals surface area contributed by atoms with Gasteiger partial charge in [0.2, 0.25) is 0 Å². The smallest absolute Gasteiger partial charge is 0.186 e. The SMILES string of the molecule is Nc1cc(F)cc(-c2[nH]nc3ncnc(N)c23)c1. The fraction of sp³-hybridized carbons (Fsp3) is 0. The summed E-state index contributed by atoms with van der Waals surface area (Å²) in [5.41, 5.74) is 13.2. The molecule has 5 N–H and O–H groups in total. The predicted octanol–water partition coefficient (Wildman–Crippen LogP) is 1.32. The molecule has 0 aliphatic carbocycles. The number of fused-ring (bicyclic) bond motifs is 1. The highest BCUT2D eigenvalue weighted by atomic mass is 19.1. The van der Waals surface area contributed by atoms with Gasteiger partial charge in [0.25, 0.3) is 0 Å². The standard InChI is InChI=1S/C11H9FN6/c12-6-1-5(2-7(13)3-6)9-8-10(14)15-4-16-11(8)18-17-9/h1-4H,13H2,(H3,14,15,16,17,18). The van der Waals surface area contributed by atoms with Gasteiger partial charge >= 0.3 is 0 Å². The largest absolute Gasteiger partial charge is 0.399 e. The van der Waals surface area contributed by atoms with E-state index in [1.165, 1.54) is 18.5 Å². The zero-order valence-corrected chi connectivity index (χ0v) is 9.18. The fourth-order valence-corrected chi connectivity index (χ4v) is 1.84. The number of rotatable bonds is 1. The van der Waals surface area contributed by atoms with Crippen LogP contribution < -0.4 is 11.5 Å². The van der Waals surface area contributed by atoms with Gasteiger partial charge in [0.05, 0.1) is 11.1 Å². The van der Waals surface area contributed by atoms with E-state index in [0.29, 0.717) is 28.0 Å². The normalized spacial score (nSPS) is 10.9. The summed E-state index contributed by atoms with van der Waals surface area (Å²) in [6.45, 7) is 0. The molecule has 0 spiro atoms. The molecule has 0 aliphatic heterocycles. The van der Waals surface area contributed by atoms with Crippen LogP contribution in [0.25, 0.3) is 22.3 Å².